The Morgan fingerprint density at radius 1 is 0.737 bits per heavy atom. The molecule has 0 fully saturated rings. The Labute approximate surface area is 227 Å². The first-order chi connectivity index (χ1) is 18.5. The number of ether oxygens (including phenoxy) is 3. The molecular weight excluding hydrogens is 502 g/mol. The van der Waals surface area contributed by atoms with Crippen LogP contribution in [0.25, 0.3) is 0 Å². The quantitative estimate of drug-likeness (QED) is 0.241. The first-order valence-corrected chi connectivity index (χ1v) is 12.5. The standard InChI is InChI=1S/C31H28ClNO5/c1-36-31(35)27(33-30(34)25-13-15-26(32)16-14-25)18-24-12-17-28(37-20-22-8-4-2-5-9-22)29(19-24)38-21-23-10-6-3-7-11-23/h2-17,19,27H,18,20-21H2,1H3,(H,33,34)/t27-/m1/s1. The van der Waals surface area contributed by atoms with E-state index in [4.69, 9.17) is 25.8 Å². The first-order valence-electron chi connectivity index (χ1n) is 12.1. The Bertz CT molecular complexity index is 1340. The van der Waals surface area contributed by atoms with E-state index in [-0.39, 0.29) is 6.42 Å². The molecule has 0 saturated heterocycles. The summed E-state index contributed by atoms with van der Waals surface area (Å²) in [4.78, 5) is 25.3. The van der Waals surface area contributed by atoms with Crippen LogP contribution >= 0.6 is 11.6 Å². The molecule has 0 radical (unpaired) electrons. The lowest BCUT2D eigenvalue weighted by Gasteiger charge is -2.19. The monoisotopic (exact) mass is 529 g/mol. The normalized spacial score (nSPS) is 11.3. The second-order valence-electron chi connectivity index (χ2n) is 8.59. The number of benzene rings is 4. The Morgan fingerprint density at radius 3 is 1.89 bits per heavy atom. The summed E-state index contributed by atoms with van der Waals surface area (Å²) >= 11 is 5.92. The highest BCUT2D eigenvalue weighted by Gasteiger charge is 2.23. The Kier molecular flexibility index (Phi) is 9.37. The number of methoxy groups -OCH3 is 1. The van der Waals surface area contributed by atoms with Gasteiger partial charge in [-0.1, -0.05) is 78.3 Å². The zero-order valence-electron chi connectivity index (χ0n) is 20.9. The van der Waals surface area contributed by atoms with E-state index in [1.54, 1.807) is 24.3 Å². The van der Waals surface area contributed by atoms with Gasteiger partial charge in [-0.2, -0.15) is 0 Å². The van der Waals surface area contributed by atoms with Crippen molar-refractivity contribution in [1.29, 1.82) is 0 Å². The predicted octanol–water partition coefficient (Wildman–Crippen LogP) is 6.01. The molecule has 0 aliphatic carbocycles. The van der Waals surface area contributed by atoms with Gasteiger partial charge in [-0.05, 0) is 53.1 Å². The number of amides is 1. The minimum Gasteiger partial charge on any atom is -0.485 e. The second-order valence-corrected chi connectivity index (χ2v) is 9.03. The summed E-state index contributed by atoms with van der Waals surface area (Å²) < 4.78 is 17.2. The third-order valence-electron chi connectivity index (χ3n) is 5.82. The highest BCUT2D eigenvalue weighted by molar-refractivity contribution is 6.30. The number of nitrogens with one attached hydrogen (secondary N) is 1. The lowest BCUT2D eigenvalue weighted by atomic mass is 10.0. The topological polar surface area (TPSA) is 73.9 Å². The van der Waals surface area contributed by atoms with Crippen LogP contribution in [0.4, 0.5) is 0 Å². The summed E-state index contributed by atoms with van der Waals surface area (Å²) in [6.45, 7) is 0.726. The third-order valence-corrected chi connectivity index (χ3v) is 6.07. The molecule has 1 atom stereocenters. The van der Waals surface area contributed by atoms with Crippen molar-refractivity contribution in [3.05, 3.63) is 130 Å². The van der Waals surface area contributed by atoms with Crippen LogP contribution in [0.1, 0.15) is 27.0 Å². The van der Waals surface area contributed by atoms with Crippen LogP contribution in [0.2, 0.25) is 5.02 Å². The van der Waals surface area contributed by atoms with Gasteiger partial charge in [0.25, 0.3) is 5.91 Å². The molecule has 6 nitrogen and oxygen atoms in total. The fourth-order valence-corrected chi connectivity index (χ4v) is 3.92. The summed E-state index contributed by atoms with van der Waals surface area (Å²) in [7, 11) is 1.29. The lowest BCUT2D eigenvalue weighted by molar-refractivity contribution is -0.142. The van der Waals surface area contributed by atoms with Crippen LogP contribution in [-0.4, -0.2) is 25.0 Å². The molecule has 0 aromatic heterocycles. The van der Waals surface area contributed by atoms with Gasteiger partial charge < -0.3 is 19.5 Å². The first kappa shape index (κ1) is 26.8. The highest BCUT2D eigenvalue weighted by Crippen LogP contribution is 2.31. The molecule has 4 aromatic carbocycles. The molecule has 4 rings (SSSR count). The van der Waals surface area contributed by atoms with Crippen LogP contribution in [-0.2, 0) is 29.2 Å². The maximum atomic E-state index is 12.8. The molecule has 1 N–H and O–H groups in total. The molecule has 4 aromatic rings. The Hall–Kier alpha value is -4.29. The van der Waals surface area contributed by atoms with E-state index in [2.05, 4.69) is 5.32 Å². The van der Waals surface area contributed by atoms with E-state index < -0.39 is 17.9 Å². The van der Waals surface area contributed by atoms with E-state index in [1.165, 1.54) is 7.11 Å². The van der Waals surface area contributed by atoms with E-state index in [1.807, 2.05) is 78.9 Å². The average Bonchev–Trinajstić information content (AvgIpc) is 2.96. The van der Waals surface area contributed by atoms with Gasteiger partial charge in [0.2, 0.25) is 0 Å². The van der Waals surface area contributed by atoms with Crippen molar-refractivity contribution in [2.45, 2.75) is 25.7 Å². The van der Waals surface area contributed by atoms with Gasteiger partial charge in [-0.15, -0.1) is 0 Å². The zero-order valence-corrected chi connectivity index (χ0v) is 21.7. The molecule has 0 heterocycles. The highest BCUT2D eigenvalue weighted by atomic mass is 35.5. The predicted molar refractivity (Wildman–Crippen MR) is 146 cm³/mol. The summed E-state index contributed by atoms with van der Waals surface area (Å²) in [6, 6.07) is 30.7. The van der Waals surface area contributed by atoms with Crippen molar-refractivity contribution in [3.63, 3.8) is 0 Å². The van der Waals surface area contributed by atoms with Gasteiger partial charge in [-0.3, -0.25) is 4.79 Å². The summed E-state index contributed by atoms with van der Waals surface area (Å²) in [5, 5.41) is 3.28. The van der Waals surface area contributed by atoms with Gasteiger partial charge in [-0.25, -0.2) is 4.79 Å². The van der Waals surface area contributed by atoms with Crippen LogP contribution in [0.15, 0.2) is 103 Å². The molecule has 0 aliphatic rings. The van der Waals surface area contributed by atoms with Crippen molar-refractivity contribution < 1.29 is 23.8 Å². The Balaban J connectivity index is 1.53. The van der Waals surface area contributed by atoms with Gasteiger partial charge in [0.15, 0.2) is 11.5 Å². The maximum absolute atomic E-state index is 12.8. The fraction of sp³-hybridized carbons (Fsp3) is 0.161. The number of esters is 1. The van der Waals surface area contributed by atoms with Crippen LogP contribution in [0.5, 0.6) is 11.5 Å². The average molecular weight is 530 g/mol. The molecule has 7 heteroatoms. The van der Waals surface area contributed by atoms with E-state index in [0.29, 0.717) is 35.3 Å². The van der Waals surface area contributed by atoms with Gasteiger partial charge in [0.1, 0.15) is 19.3 Å². The second kappa shape index (κ2) is 13.3. The van der Waals surface area contributed by atoms with Gasteiger partial charge in [0.05, 0.1) is 7.11 Å². The van der Waals surface area contributed by atoms with Crippen LogP contribution in [0, 0.1) is 0 Å². The summed E-state index contributed by atoms with van der Waals surface area (Å²) in [6.07, 6.45) is 0.201. The molecule has 0 unspecified atom stereocenters. The molecule has 0 spiro atoms. The molecule has 1 amide bonds. The number of carbonyl (C=O) groups is 2. The SMILES string of the molecule is COC(=O)[C@@H](Cc1ccc(OCc2ccccc2)c(OCc2ccccc2)c1)NC(=O)c1ccc(Cl)cc1. The van der Waals surface area contributed by atoms with Gasteiger partial charge >= 0.3 is 5.97 Å². The zero-order chi connectivity index (χ0) is 26.7. The van der Waals surface area contributed by atoms with E-state index in [9.17, 15) is 9.59 Å². The molecule has 0 bridgehead atoms. The van der Waals surface area contributed by atoms with Crippen LogP contribution in [0.3, 0.4) is 0 Å². The lowest BCUT2D eigenvalue weighted by Crippen LogP contribution is -2.43. The minimum atomic E-state index is -0.902. The number of carbonyl (C=O) groups excluding carboxylic acids is 2. The number of rotatable bonds is 11. The van der Waals surface area contributed by atoms with E-state index in [0.717, 1.165) is 16.7 Å². The van der Waals surface area contributed by atoms with Crippen molar-refractivity contribution in [2.24, 2.45) is 0 Å². The van der Waals surface area contributed by atoms with Gasteiger partial charge in [0, 0.05) is 17.0 Å². The Morgan fingerprint density at radius 2 is 1.32 bits per heavy atom. The fourth-order valence-electron chi connectivity index (χ4n) is 3.80. The van der Waals surface area contributed by atoms with E-state index >= 15 is 0 Å². The molecule has 194 valence electrons. The largest absolute Gasteiger partial charge is 0.485 e. The summed E-state index contributed by atoms with van der Waals surface area (Å²) in [5.41, 5.74) is 3.20. The van der Waals surface area contributed by atoms with Crippen LogP contribution < -0.4 is 14.8 Å². The number of halogens is 1. The van der Waals surface area contributed by atoms with Crippen molar-refractivity contribution in [3.8, 4) is 11.5 Å². The van der Waals surface area contributed by atoms with Crippen molar-refractivity contribution in [1.82, 2.24) is 5.32 Å². The molecular formula is C31H28ClNO5. The molecule has 0 saturated carbocycles. The van der Waals surface area contributed by atoms with Crippen molar-refractivity contribution >= 4 is 23.5 Å². The maximum Gasteiger partial charge on any atom is 0.328 e. The minimum absolute atomic E-state index is 0.201. The number of hydrogen-bond donors (Lipinski definition) is 1. The smallest absolute Gasteiger partial charge is 0.328 e. The number of hydrogen-bond acceptors (Lipinski definition) is 5. The van der Waals surface area contributed by atoms with Crippen molar-refractivity contribution in [2.75, 3.05) is 7.11 Å². The summed E-state index contributed by atoms with van der Waals surface area (Å²) in [5.74, 6) is 0.159. The third kappa shape index (κ3) is 7.60. The molecule has 38 heavy (non-hydrogen) atoms. The molecule has 0 aliphatic heterocycles.